The van der Waals surface area contributed by atoms with E-state index in [2.05, 4.69) is 22.9 Å². The number of Topliss-reactive ketones (excluding diaryl/α,β-unsaturated/α-hetero) is 1. The first-order chi connectivity index (χ1) is 7.33. The van der Waals surface area contributed by atoms with E-state index >= 15 is 0 Å². The lowest BCUT2D eigenvalue weighted by molar-refractivity contribution is -0.139. The Kier molecular flexibility index (Phi) is 2.69. The molecule has 0 aliphatic heterocycles. The molecule has 2 aliphatic rings. The van der Waals surface area contributed by atoms with Crippen molar-refractivity contribution in [2.45, 2.75) is 44.4 Å². The van der Waals surface area contributed by atoms with Crippen molar-refractivity contribution in [2.75, 3.05) is 0 Å². The van der Waals surface area contributed by atoms with Gasteiger partial charge >= 0.3 is 5.97 Å². The zero-order valence-electron chi connectivity index (χ0n) is 9.62. The minimum Gasteiger partial charge on any atom is -0.481 e. The van der Waals surface area contributed by atoms with Crippen LogP contribution in [-0.2, 0) is 9.59 Å². The highest BCUT2D eigenvalue weighted by atomic mass is 79.9. The van der Waals surface area contributed by atoms with Gasteiger partial charge in [-0.2, -0.15) is 0 Å². The minimum atomic E-state index is -0.769. The Bertz CT molecular complexity index is 354. The number of carbonyl (C=O) groups excluding carboxylic acids is 1. The van der Waals surface area contributed by atoms with Crippen LogP contribution in [-0.4, -0.2) is 21.7 Å². The second kappa shape index (κ2) is 3.56. The first-order valence-electron chi connectivity index (χ1n) is 5.73. The summed E-state index contributed by atoms with van der Waals surface area (Å²) in [6, 6.07) is 0. The maximum Gasteiger partial charge on any atom is 0.303 e. The fraction of sp³-hybridized carbons (Fsp3) is 0.833. The summed E-state index contributed by atoms with van der Waals surface area (Å²) in [6.45, 7) is 4.10. The third-order valence-electron chi connectivity index (χ3n) is 5.04. The van der Waals surface area contributed by atoms with Crippen LogP contribution in [0.3, 0.4) is 0 Å². The van der Waals surface area contributed by atoms with E-state index < -0.39 is 5.97 Å². The average molecular weight is 289 g/mol. The van der Waals surface area contributed by atoms with Crippen molar-refractivity contribution >= 4 is 27.7 Å². The van der Waals surface area contributed by atoms with E-state index in [4.69, 9.17) is 5.11 Å². The predicted molar refractivity (Wildman–Crippen MR) is 63.5 cm³/mol. The zero-order valence-corrected chi connectivity index (χ0v) is 11.2. The standard InChI is InChI=1S/C12H17BrO3/c1-11(6-4-8(14)15)7-3-5-12(11,2)10(16)9(7)13/h7,9H,3-6H2,1-2H3,(H,14,15)/t7-,9+,11+,12-/m0/s1. The Hall–Kier alpha value is -0.380. The van der Waals surface area contributed by atoms with Crippen LogP contribution in [0.1, 0.15) is 39.5 Å². The third-order valence-corrected chi connectivity index (χ3v) is 6.09. The summed E-state index contributed by atoms with van der Waals surface area (Å²) in [5.41, 5.74) is -0.460. The normalized spacial score (nSPS) is 46.3. The van der Waals surface area contributed by atoms with Gasteiger partial charge in [0.1, 0.15) is 0 Å². The lowest BCUT2D eigenvalue weighted by atomic mass is 9.66. The van der Waals surface area contributed by atoms with Crippen molar-refractivity contribution in [3.8, 4) is 0 Å². The van der Waals surface area contributed by atoms with Crippen LogP contribution in [0.15, 0.2) is 0 Å². The van der Waals surface area contributed by atoms with Crippen LogP contribution in [0.25, 0.3) is 0 Å². The highest BCUT2D eigenvalue weighted by Gasteiger charge is 2.67. The van der Waals surface area contributed by atoms with Gasteiger partial charge in [-0.05, 0) is 30.6 Å². The maximum atomic E-state index is 12.2. The molecule has 0 unspecified atom stereocenters. The van der Waals surface area contributed by atoms with Gasteiger partial charge in [-0.1, -0.05) is 29.8 Å². The molecule has 0 aromatic carbocycles. The Labute approximate surface area is 104 Å². The summed E-state index contributed by atoms with van der Waals surface area (Å²) in [5, 5.41) is 8.80. The molecule has 0 aromatic rings. The lowest BCUT2D eigenvalue weighted by Crippen LogP contribution is -2.35. The molecule has 0 saturated heterocycles. The molecule has 0 spiro atoms. The van der Waals surface area contributed by atoms with Gasteiger partial charge in [0.05, 0.1) is 4.83 Å². The van der Waals surface area contributed by atoms with Crippen molar-refractivity contribution in [2.24, 2.45) is 16.7 Å². The smallest absolute Gasteiger partial charge is 0.303 e. The minimum absolute atomic E-state index is 0.0648. The predicted octanol–water partition coefficient (Wildman–Crippen LogP) is 2.62. The number of carboxylic acids is 1. The van der Waals surface area contributed by atoms with Gasteiger partial charge < -0.3 is 5.11 Å². The number of carboxylic acid groups (broad SMARTS) is 1. The van der Waals surface area contributed by atoms with Crippen molar-refractivity contribution < 1.29 is 14.7 Å². The van der Waals surface area contributed by atoms with Gasteiger partial charge in [0.2, 0.25) is 0 Å². The van der Waals surface area contributed by atoms with Crippen LogP contribution in [0.4, 0.5) is 0 Å². The largest absolute Gasteiger partial charge is 0.481 e. The number of halogens is 1. The molecule has 1 N–H and O–H groups in total. The summed E-state index contributed by atoms with van der Waals surface area (Å²) in [6.07, 6.45) is 2.72. The van der Waals surface area contributed by atoms with E-state index in [1.54, 1.807) is 0 Å². The molecular formula is C12H17BrO3. The number of carbonyl (C=O) groups is 2. The van der Waals surface area contributed by atoms with Crippen molar-refractivity contribution in [3.63, 3.8) is 0 Å². The van der Waals surface area contributed by atoms with Crippen LogP contribution in [0.5, 0.6) is 0 Å². The number of ketones is 1. The average Bonchev–Trinajstić information content (AvgIpc) is 2.54. The lowest BCUT2D eigenvalue weighted by Gasteiger charge is -2.36. The molecule has 4 heteroatoms. The first kappa shape index (κ1) is 12.1. The number of aliphatic carboxylic acids is 1. The van der Waals surface area contributed by atoms with E-state index in [1.165, 1.54) is 0 Å². The fourth-order valence-corrected chi connectivity index (χ4v) is 5.00. The molecule has 0 heterocycles. The highest BCUT2D eigenvalue weighted by molar-refractivity contribution is 9.10. The fourth-order valence-electron chi connectivity index (χ4n) is 3.65. The first-order valence-corrected chi connectivity index (χ1v) is 6.65. The Morgan fingerprint density at radius 2 is 2.19 bits per heavy atom. The van der Waals surface area contributed by atoms with Gasteiger partial charge in [0.25, 0.3) is 0 Å². The molecule has 90 valence electrons. The molecule has 2 fully saturated rings. The Balaban J connectivity index is 2.28. The summed E-state index contributed by atoms with van der Waals surface area (Å²) in [4.78, 5) is 22.8. The van der Waals surface area contributed by atoms with Crippen LogP contribution < -0.4 is 0 Å². The number of rotatable bonds is 3. The molecule has 0 amide bonds. The van der Waals surface area contributed by atoms with E-state index in [0.29, 0.717) is 12.3 Å². The Morgan fingerprint density at radius 1 is 1.56 bits per heavy atom. The molecule has 4 atom stereocenters. The number of fused-ring (bicyclic) bond motifs is 2. The van der Waals surface area contributed by atoms with Crippen molar-refractivity contribution in [3.05, 3.63) is 0 Å². The van der Waals surface area contributed by atoms with E-state index in [1.807, 2.05) is 6.92 Å². The number of hydrogen-bond acceptors (Lipinski definition) is 2. The SMILES string of the molecule is C[C@]12CC[C@@H]([C@@H](Br)C1=O)[C@@]2(C)CCC(=O)O. The van der Waals surface area contributed by atoms with E-state index in [0.717, 1.165) is 12.8 Å². The highest BCUT2D eigenvalue weighted by Crippen LogP contribution is 2.67. The Morgan fingerprint density at radius 3 is 2.62 bits per heavy atom. The van der Waals surface area contributed by atoms with Crippen LogP contribution >= 0.6 is 15.9 Å². The summed E-state index contributed by atoms with van der Waals surface area (Å²) < 4.78 is 0. The molecule has 2 aliphatic carbocycles. The second-order valence-corrected chi connectivity index (χ2v) is 6.54. The van der Waals surface area contributed by atoms with Gasteiger partial charge in [0.15, 0.2) is 5.78 Å². The number of hydrogen-bond donors (Lipinski definition) is 1. The quantitative estimate of drug-likeness (QED) is 0.813. The van der Waals surface area contributed by atoms with Gasteiger partial charge in [-0.25, -0.2) is 0 Å². The van der Waals surface area contributed by atoms with Gasteiger partial charge in [-0.15, -0.1) is 0 Å². The van der Waals surface area contributed by atoms with Crippen LogP contribution in [0.2, 0.25) is 0 Å². The molecule has 16 heavy (non-hydrogen) atoms. The van der Waals surface area contributed by atoms with Gasteiger partial charge in [-0.3, -0.25) is 9.59 Å². The molecular weight excluding hydrogens is 272 g/mol. The van der Waals surface area contributed by atoms with E-state index in [-0.39, 0.29) is 27.9 Å². The van der Waals surface area contributed by atoms with E-state index in [9.17, 15) is 9.59 Å². The monoisotopic (exact) mass is 288 g/mol. The molecule has 0 radical (unpaired) electrons. The molecule has 0 aromatic heterocycles. The number of alkyl halides is 1. The topological polar surface area (TPSA) is 54.4 Å². The summed E-state index contributed by atoms with van der Waals surface area (Å²) in [7, 11) is 0. The van der Waals surface area contributed by atoms with Crippen LogP contribution in [0, 0.1) is 16.7 Å². The zero-order chi connectivity index (χ0) is 12.1. The summed E-state index contributed by atoms with van der Waals surface area (Å²) >= 11 is 3.48. The molecule has 2 saturated carbocycles. The molecule has 2 bridgehead atoms. The van der Waals surface area contributed by atoms with Crippen molar-refractivity contribution in [1.29, 1.82) is 0 Å². The second-order valence-electron chi connectivity index (χ2n) is 5.55. The molecule has 3 nitrogen and oxygen atoms in total. The maximum absolute atomic E-state index is 12.2. The van der Waals surface area contributed by atoms with Gasteiger partial charge in [0, 0.05) is 11.8 Å². The van der Waals surface area contributed by atoms with Crippen molar-refractivity contribution in [1.82, 2.24) is 0 Å². The summed E-state index contributed by atoms with van der Waals surface area (Å²) in [5.74, 6) is -0.185. The third kappa shape index (κ3) is 1.31. The molecule has 2 rings (SSSR count).